The predicted octanol–water partition coefficient (Wildman–Crippen LogP) is 4.56. The van der Waals surface area contributed by atoms with Gasteiger partial charge in [0.1, 0.15) is 29.4 Å². The fourth-order valence-electron chi connectivity index (χ4n) is 3.10. The highest BCUT2D eigenvalue weighted by atomic mass is 32.1. The molecule has 3 aromatic rings. The summed E-state index contributed by atoms with van der Waals surface area (Å²) in [6.45, 7) is 0. The van der Waals surface area contributed by atoms with Gasteiger partial charge in [0.15, 0.2) is 11.5 Å². The van der Waals surface area contributed by atoms with Gasteiger partial charge in [0.25, 0.3) is 0 Å². The lowest BCUT2D eigenvalue weighted by atomic mass is 10.1. The molecule has 2 heterocycles. The molecule has 0 unspecified atom stereocenters. The van der Waals surface area contributed by atoms with Gasteiger partial charge in [-0.3, -0.25) is 0 Å². The van der Waals surface area contributed by atoms with Crippen molar-refractivity contribution >= 4 is 16.9 Å². The standard InChI is InChI=1S/C22H16N4O3S/c1-27-19-9-15(10-20(28-2)22(19)29-3)26-17(16(13-25)14(11-23)12-24)6-7-18(26)21-5-4-8-30-21/h4-10H,1-3H3. The Morgan fingerprint density at radius 2 is 1.57 bits per heavy atom. The van der Waals surface area contributed by atoms with Crippen LogP contribution in [0.25, 0.3) is 21.8 Å². The van der Waals surface area contributed by atoms with Crippen molar-refractivity contribution in [2.45, 2.75) is 0 Å². The number of benzene rings is 1. The molecular weight excluding hydrogens is 400 g/mol. The van der Waals surface area contributed by atoms with Crippen LogP contribution in [0.15, 0.2) is 47.4 Å². The number of hydrogen-bond acceptors (Lipinski definition) is 7. The summed E-state index contributed by atoms with van der Waals surface area (Å²) in [5.74, 6) is 1.31. The Labute approximate surface area is 177 Å². The fourth-order valence-corrected chi connectivity index (χ4v) is 3.84. The van der Waals surface area contributed by atoms with Crippen LogP contribution >= 0.6 is 11.3 Å². The zero-order valence-electron chi connectivity index (χ0n) is 16.5. The van der Waals surface area contributed by atoms with Crippen molar-refractivity contribution in [1.82, 2.24) is 4.57 Å². The third-order valence-corrected chi connectivity index (χ3v) is 5.30. The minimum Gasteiger partial charge on any atom is -0.493 e. The van der Waals surface area contributed by atoms with Gasteiger partial charge in [0.2, 0.25) is 5.75 Å². The summed E-state index contributed by atoms with van der Waals surface area (Å²) in [7, 11) is 4.55. The minimum absolute atomic E-state index is 0.0171. The molecular formula is C22H16N4O3S. The van der Waals surface area contributed by atoms with E-state index in [1.165, 1.54) is 32.7 Å². The van der Waals surface area contributed by atoms with Gasteiger partial charge in [-0.05, 0) is 23.6 Å². The maximum Gasteiger partial charge on any atom is 0.203 e. The molecule has 0 aliphatic carbocycles. The molecule has 2 aromatic heterocycles. The van der Waals surface area contributed by atoms with Crippen molar-refractivity contribution in [2.75, 3.05) is 21.3 Å². The molecule has 3 rings (SSSR count). The molecule has 0 atom stereocenters. The lowest BCUT2D eigenvalue weighted by molar-refractivity contribution is 0.324. The number of thiophene rings is 1. The summed E-state index contributed by atoms with van der Waals surface area (Å²) in [5.41, 5.74) is 1.54. The quantitative estimate of drug-likeness (QED) is 0.546. The lowest BCUT2D eigenvalue weighted by Crippen LogP contribution is -2.04. The van der Waals surface area contributed by atoms with Gasteiger partial charge < -0.3 is 18.8 Å². The van der Waals surface area contributed by atoms with Crippen LogP contribution < -0.4 is 14.2 Å². The molecule has 1 aromatic carbocycles. The summed E-state index contributed by atoms with van der Waals surface area (Å²) < 4.78 is 18.1. The molecule has 0 saturated heterocycles. The molecule has 8 heteroatoms. The van der Waals surface area contributed by atoms with Crippen molar-refractivity contribution in [1.29, 1.82) is 15.8 Å². The van der Waals surface area contributed by atoms with Crippen LogP contribution in [-0.4, -0.2) is 25.9 Å². The molecule has 0 fully saturated rings. The van der Waals surface area contributed by atoms with E-state index in [0.29, 0.717) is 28.6 Å². The van der Waals surface area contributed by atoms with Crippen LogP contribution in [0.5, 0.6) is 17.2 Å². The molecule has 0 N–H and O–H groups in total. The molecule has 148 valence electrons. The highest BCUT2D eigenvalue weighted by Crippen LogP contribution is 2.42. The van der Waals surface area contributed by atoms with E-state index in [4.69, 9.17) is 14.2 Å². The monoisotopic (exact) mass is 416 g/mol. The largest absolute Gasteiger partial charge is 0.493 e. The fraction of sp³-hybridized carbons (Fsp3) is 0.136. The predicted molar refractivity (Wildman–Crippen MR) is 112 cm³/mol. The van der Waals surface area contributed by atoms with Gasteiger partial charge in [-0.15, -0.1) is 11.3 Å². The molecule has 0 spiro atoms. The summed E-state index contributed by atoms with van der Waals surface area (Å²) in [6, 6.07) is 16.5. The third kappa shape index (κ3) is 3.46. The Morgan fingerprint density at radius 3 is 2.03 bits per heavy atom. The van der Waals surface area contributed by atoms with Crippen LogP contribution in [0.3, 0.4) is 0 Å². The van der Waals surface area contributed by atoms with Gasteiger partial charge >= 0.3 is 0 Å². The van der Waals surface area contributed by atoms with E-state index in [1.54, 1.807) is 34.9 Å². The molecule has 30 heavy (non-hydrogen) atoms. The van der Waals surface area contributed by atoms with Crippen LogP contribution in [0.4, 0.5) is 0 Å². The average Bonchev–Trinajstić information content (AvgIpc) is 3.46. The van der Waals surface area contributed by atoms with Crippen molar-refractivity contribution in [3.63, 3.8) is 0 Å². The topological polar surface area (TPSA) is 104 Å². The van der Waals surface area contributed by atoms with Gasteiger partial charge in [-0.2, -0.15) is 15.8 Å². The lowest BCUT2D eigenvalue weighted by Gasteiger charge is -2.18. The van der Waals surface area contributed by atoms with Crippen molar-refractivity contribution < 1.29 is 14.2 Å². The second-order valence-corrected chi connectivity index (χ2v) is 6.83. The molecule has 0 aliphatic rings. The van der Waals surface area contributed by atoms with E-state index in [2.05, 4.69) is 0 Å². The normalized spacial score (nSPS) is 9.73. The van der Waals surface area contributed by atoms with Gasteiger partial charge in [-0.1, -0.05) is 6.07 Å². The molecule has 0 saturated carbocycles. The number of rotatable bonds is 6. The number of nitrogens with zero attached hydrogens (tertiary/aromatic N) is 4. The molecule has 7 nitrogen and oxygen atoms in total. The van der Waals surface area contributed by atoms with Crippen molar-refractivity contribution in [3.8, 4) is 51.7 Å². The summed E-state index contributed by atoms with van der Waals surface area (Å²) in [5, 5.41) is 30.3. The van der Waals surface area contributed by atoms with Gasteiger partial charge in [0, 0.05) is 12.1 Å². The van der Waals surface area contributed by atoms with Gasteiger partial charge in [-0.25, -0.2) is 0 Å². The van der Waals surface area contributed by atoms with E-state index in [0.717, 1.165) is 10.6 Å². The van der Waals surface area contributed by atoms with Crippen LogP contribution in [0.1, 0.15) is 5.69 Å². The van der Waals surface area contributed by atoms with E-state index in [-0.39, 0.29) is 11.1 Å². The Balaban J connectivity index is 2.41. The number of ether oxygens (including phenoxy) is 3. The minimum atomic E-state index is -0.262. The Hall–Kier alpha value is -4.19. The van der Waals surface area contributed by atoms with E-state index < -0.39 is 0 Å². The maximum absolute atomic E-state index is 9.72. The number of allylic oxidation sites excluding steroid dienone is 2. The highest BCUT2D eigenvalue weighted by molar-refractivity contribution is 7.13. The SMILES string of the molecule is COc1cc(-n2c(C(C#N)=C(C#N)C#N)ccc2-c2cccs2)cc(OC)c1OC. The first-order valence-corrected chi connectivity index (χ1v) is 9.52. The number of nitriles is 3. The van der Waals surface area contributed by atoms with E-state index in [9.17, 15) is 15.8 Å². The Bertz CT molecular complexity index is 1190. The smallest absolute Gasteiger partial charge is 0.203 e. The first kappa shape index (κ1) is 20.5. The van der Waals surface area contributed by atoms with Crippen LogP contribution in [0, 0.1) is 34.0 Å². The van der Waals surface area contributed by atoms with Crippen molar-refractivity contribution in [2.24, 2.45) is 0 Å². The Kier molecular flexibility index (Phi) is 6.08. The van der Waals surface area contributed by atoms with E-state index in [1.807, 2.05) is 29.6 Å². The van der Waals surface area contributed by atoms with Crippen LogP contribution in [-0.2, 0) is 0 Å². The number of aromatic nitrogens is 1. The average molecular weight is 416 g/mol. The van der Waals surface area contributed by atoms with Gasteiger partial charge in [0.05, 0.1) is 43.3 Å². The van der Waals surface area contributed by atoms with E-state index >= 15 is 0 Å². The molecule has 0 radical (unpaired) electrons. The zero-order chi connectivity index (χ0) is 21.7. The summed E-state index contributed by atoms with van der Waals surface area (Å²) in [4.78, 5) is 0.947. The highest BCUT2D eigenvalue weighted by Gasteiger charge is 2.22. The molecule has 0 aliphatic heterocycles. The zero-order valence-corrected chi connectivity index (χ0v) is 17.3. The second kappa shape index (κ2) is 8.87. The van der Waals surface area contributed by atoms with Crippen molar-refractivity contribution in [3.05, 3.63) is 53.0 Å². The Morgan fingerprint density at radius 1 is 0.900 bits per heavy atom. The first-order chi connectivity index (χ1) is 14.6. The van der Waals surface area contributed by atoms with Crippen LogP contribution in [0.2, 0.25) is 0 Å². The molecule has 0 amide bonds. The molecule has 0 bridgehead atoms. The first-order valence-electron chi connectivity index (χ1n) is 8.64. The number of hydrogen-bond donors (Lipinski definition) is 0. The maximum atomic E-state index is 9.72. The third-order valence-electron chi connectivity index (χ3n) is 4.40. The summed E-state index contributed by atoms with van der Waals surface area (Å²) in [6.07, 6.45) is 0. The number of methoxy groups -OCH3 is 3. The second-order valence-electron chi connectivity index (χ2n) is 5.89. The summed E-state index contributed by atoms with van der Waals surface area (Å²) >= 11 is 1.53.